The summed E-state index contributed by atoms with van der Waals surface area (Å²) in [5.74, 6) is 1.41. The largest absolute Gasteiger partial charge is 0.346 e. The number of hydrogen-bond donors (Lipinski definition) is 0. The van der Waals surface area contributed by atoms with Gasteiger partial charge in [-0.3, -0.25) is 4.90 Å². The minimum Gasteiger partial charge on any atom is -0.346 e. The fraction of sp³-hybridized carbons (Fsp3) is 0.583. The summed E-state index contributed by atoms with van der Waals surface area (Å²) in [6, 6.07) is 0.180. The molecule has 1 fully saturated rings. The van der Waals surface area contributed by atoms with Gasteiger partial charge in [-0.15, -0.1) is 11.3 Å². The van der Waals surface area contributed by atoms with E-state index in [0.717, 1.165) is 31.3 Å². The van der Waals surface area contributed by atoms with Gasteiger partial charge < -0.3 is 9.42 Å². The third-order valence-corrected chi connectivity index (χ3v) is 4.28. The van der Waals surface area contributed by atoms with E-state index in [1.165, 1.54) is 0 Å². The average Bonchev–Trinajstić information content (AvgIpc) is 3.09. The molecule has 7 heteroatoms. The van der Waals surface area contributed by atoms with E-state index in [4.69, 9.17) is 4.52 Å². The van der Waals surface area contributed by atoms with E-state index in [0.29, 0.717) is 11.7 Å². The van der Waals surface area contributed by atoms with E-state index in [1.807, 2.05) is 18.5 Å². The standard InChI is InChI=1S/C12H17N5OS/c1-9(11-14-10(2)15-18-11)16-4-6-17(7-5-16)12-13-3-8-19-12/h3,8-9H,4-7H2,1-2H3/t9-/m1/s1. The van der Waals surface area contributed by atoms with E-state index in [2.05, 4.69) is 31.8 Å². The maximum atomic E-state index is 5.25. The molecule has 1 atom stereocenters. The van der Waals surface area contributed by atoms with Crippen LogP contribution in [0.25, 0.3) is 0 Å². The van der Waals surface area contributed by atoms with Crippen LogP contribution in [0.3, 0.4) is 0 Å². The fourth-order valence-corrected chi connectivity index (χ4v) is 3.01. The van der Waals surface area contributed by atoms with E-state index >= 15 is 0 Å². The lowest BCUT2D eigenvalue weighted by Gasteiger charge is -2.36. The first-order valence-electron chi connectivity index (χ1n) is 6.43. The molecule has 2 aromatic heterocycles. The highest BCUT2D eigenvalue weighted by Gasteiger charge is 2.26. The SMILES string of the molecule is Cc1noc([C@@H](C)N2CCN(c3nccs3)CC2)n1. The van der Waals surface area contributed by atoms with Gasteiger partial charge in [-0.2, -0.15) is 4.98 Å². The lowest BCUT2D eigenvalue weighted by molar-refractivity contribution is 0.164. The predicted molar refractivity (Wildman–Crippen MR) is 73.4 cm³/mol. The van der Waals surface area contributed by atoms with Gasteiger partial charge in [0.05, 0.1) is 6.04 Å². The number of aryl methyl sites for hydroxylation is 1. The smallest absolute Gasteiger partial charge is 0.243 e. The Bertz CT molecular complexity index is 518. The summed E-state index contributed by atoms with van der Waals surface area (Å²) in [7, 11) is 0. The van der Waals surface area contributed by atoms with Crippen molar-refractivity contribution in [1.82, 2.24) is 20.0 Å². The van der Waals surface area contributed by atoms with E-state index in [-0.39, 0.29) is 6.04 Å². The molecule has 1 aliphatic rings. The highest BCUT2D eigenvalue weighted by atomic mass is 32.1. The minimum absolute atomic E-state index is 0.180. The second kappa shape index (κ2) is 5.26. The summed E-state index contributed by atoms with van der Waals surface area (Å²) >= 11 is 1.69. The van der Waals surface area contributed by atoms with Crippen LogP contribution in [0.2, 0.25) is 0 Å². The molecule has 0 aromatic carbocycles. The van der Waals surface area contributed by atoms with Crippen molar-refractivity contribution in [1.29, 1.82) is 0 Å². The highest BCUT2D eigenvalue weighted by molar-refractivity contribution is 7.13. The molecule has 6 nitrogen and oxygen atoms in total. The van der Waals surface area contributed by atoms with Crippen molar-refractivity contribution in [3.63, 3.8) is 0 Å². The summed E-state index contributed by atoms with van der Waals surface area (Å²) < 4.78 is 5.25. The van der Waals surface area contributed by atoms with Crippen molar-refractivity contribution in [3.05, 3.63) is 23.3 Å². The van der Waals surface area contributed by atoms with Gasteiger partial charge in [0, 0.05) is 37.8 Å². The number of aromatic nitrogens is 3. The van der Waals surface area contributed by atoms with Crippen LogP contribution in [-0.2, 0) is 0 Å². The first-order chi connectivity index (χ1) is 9.24. The minimum atomic E-state index is 0.180. The summed E-state index contributed by atoms with van der Waals surface area (Å²) in [4.78, 5) is 13.4. The van der Waals surface area contributed by atoms with Gasteiger partial charge in [0.15, 0.2) is 11.0 Å². The van der Waals surface area contributed by atoms with Crippen LogP contribution < -0.4 is 4.90 Å². The zero-order valence-electron chi connectivity index (χ0n) is 11.1. The molecule has 0 spiro atoms. The maximum absolute atomic E-state index is 5.25. The molecule has 0 saturated carbocycles. The second-order valence-corrected chi connectivity index (χ2v) is 5.57. The topological polar surface area (TPSA) is 58.3 Å². The lowest BCUT2D eigenvalue weighted by atomic mass is 10.2. The summed E-state index contributed by atoms with van der Waals surface area (Å²) in [5.41, 5.74) is 0. The van der Waals surface area contributed by atoms with Crippen molar-refractivity contribution >= 4 is 16.5 Å². The molecular formula is C12H17N5OS. The Morgan fingerprint density at radius 3 is 2.68 bits per heavy atom. The second-order valence-electron chi connectivity index (χ2n) is 4.69. The van der Waals surface area contributed by atoms with Crippen molar-refractivity contribution < 1.29 is 4.52 Å². The number of rotatable bonds is 3. The normalized spacial score (nSPS) is 18.7. The van der Waals surface area contributed by atoms with Crippen LogP contribution in [-0.4, -0.2) is 46.2 Å². The Labute approximate surface area is 116 Å². The molecule has 0 unspecified atom stereocenters. The molecule has 2 aromatic rings. The molecule has 19 heavy (non-hydrogen) atoms. The Balaban J connectivity index is 1.61. The van der Waals surface area contributed by atoms with Gasteiger partial charge in [-0.05, 0) is 13.8 Å². The van der Waals surface area contributed by atoms with Gasteiger partial charge in [0.2, 0.25) is 5.89 Å². The number of piperazine rings is 1. The average molecular weight is 279 g/mol. The first-order valence-corrected chi connectivity index (χ1v) is 7.30. The quantitative estimate of drug-likeness (QED) is 0.852. The Morgan fingerprint density at radius 2 is 2.11 bits per heavy atom. The first kappa shape index (κ1) is 12.6. The summed E-state index contributed by atoms with van der Waals surface area (Å²) in [6.07, 6.45) is 1.86. The third-order valence-electron chi connectivity index (χ3n) is 3.45. The predicted octanol–water partition coefficient (Wildman–Crippen LogP) is 1.72. The molecule has 0 radical (unpaired) electrons. The van der Waals surface area contributed by atoms with Gasteiger partial charge >= 0.3 is 0 Å². The Morgan fingerprint density at radius 1 is 1.32 bits per heavy atom. The van der Waals surface area contributed by atoms with Crippen LogP contribution in [0, 0.1) is 6.92 Å². The zero-order valence-corrected chi connectivity index (χ0v) is 11.9. The molecule has 0 amide bonds. The van der Waals surface area contributed by atoms with Crippen molar-refractivity contribution in [2.24, 2.45) is 0 Å². The molecule has 3 rings (SSSR count). The molecule has 102 valence electrons. The van der Waals surface area contributed by atoms with Crippen LogP contribution in [0.5, 0.6) is 0 Å². The Kier molecular flexibility index (Phi) is 3.48. The van der Waals surface area contributed by atoms with Crippen molar-refractivity contribution in [3.8, 4) is 0 Å². The number of nitrogens with zero attached hydrogens (tertiary/aromatic N) is 5. The van der Waals surface area contributed by atoms with Gasteiger partial charge in [0.25, 0.3) is 0 Å². The number of thiazole rings is 1. The van der Waals surface area contributed by atoms with Crippen molar-refractivity contribution in [2.45, 2.75) is 19.9 Å². The van der Waals surface area contributed by atoms with E-state index < -0.39 is 0 Å². The van der Waals surface area contributed by atoms with Crippen molar-refractivity contribution in [2.75, 3.05) is 31.1 Å². The van der Waals surface area contributed by atoms with Crippen LogP contribution in [0.4, 0.5) is 5.13 Å². The van der Waals surface area contributed by atoms with Crippen LogP contribution in [0.1, 0.15) is 24.7 Å². The van der Waals surface area contributed by atoms with Gasteiger partial charge in [-0.1, -0.05) is 5.16 Å². The number of hydrogen-bond acceptors (Lipinski definition) is 7. The lowest BCUT2D eigenvalue weighted by Crippen LogP contribution is -2.47. The molecule has 1 aliphatic heterocycles. The fourth-order valence-electron chi connectivity index (χ4n) is 2.31. The van der Waals surface area contributed by atoms with E-state index in [1.54, 1.807) is 11.3 Å². The third kappa shape index (κ3) is 2.62. The molecule has 0 N–H and O–H groups in total. The number of anilines is 1. The molecule has 0 bridgehead atoms. The maximum Gasteiger partial charge on any atom is 0.243 e. The zero-order chi connectivity index (χ0) is 13.2. The molecular weight excluding hydrogens is 262 g/mol. The molecule has 1 saturated heterocycles. The monoisotopic (exact) mass is 279 g/mol. The van der Waals surface area contributed by atoms with Gasteiger partial charge in [0.1, 0.15) is 0 Å². The van der Waals surface area contributed by atoms with E-state index in [9.17, 15) is 0 Å². The Hall–Kier alpha value is -1.47. The highest BCUT2D eigenvalue weighted by Crippen LogP contribution is 2.23. The van der Waals surface area contributed by atoms with Crippen LogP contribution in [0.15, 0.2) is 16.1 Å². The summed E-state index contributed by atoms with van der Waals surface area (Å²) in [6.45, 7) is 7.92. The van der Waals surface area contributed by atoms with Crippen LogP contribution >= 0.6 is 11.3 Å². The molecule has 3 heterocycles. The van der Waals surface area contributed by atoms with Gasteiger partial charge in [-0.25, -0.2) is 4.98 Å². The summed E-state index contributed by atoms with van der Waals surface area (Å²) in [5, 5.41) is 6.99. The molecule has 0 aliphatic carbocycles.